The molecule has 0 N–H and O–H groups in total. The molecule has 0 amide bonds. The minimum atomic E-state index is -0.377. The van der Waals surface area contributed by atoms with Gasteiger partial charge in [0.25, 0.3) is 0 Å². The van der Waals surface area contributed by atoms with Gasteiger partial charge in [-0.05, 0) is 54.5 Å². The van der Waals surface area contributed by atoms with Crippen LogP contribution in [0.4, 0.5) is 4.39 Å². The van der Waals surface area contributed by atoms with Crippen molar-refractivity contribution in [2.75, 3.05) is 0 Å². The number of hydrogen-bond donors (Lipinski definition) is 0. The van der Waals surface area contributed by atoms with Crippen molar-refractivity contribution >= 4 is 11.6 Å². The van der Waals surface area contributed by atoms with Gasteiger partial charge in [0.15, 0.2) is 0 Å². The molecule has 104 valence electrons. The maximum atomic E-state index is 13.4. The second-order valence-electron chi connectivity index (χ2n) is 4.86. The Morgan fingerprint density at radius 1 is 1.00 bits per heavy atom. The minimum absolute atomic E-state index is 0.160. The minimum Gasteiger partial charge on any atom is -0.205 e. The number of hydrogen-bond acceptors (Lipinski definition) is 0. The van der Waals surface area contributed by atoms with Crippen LogP contribution in [-0.2, 0) is 6.42 Å². The third-order valence-corrected chi connectivity index (χ3v) is 3.64. The smallest absolute Gasteiger partial charge is 0.142 e. The molecule has 2 rings (SSSR count). The van der Waals surface area contributed by atoms with Crippen molar-refractivity contribution in [2.45, 2.75) is 25.7 Å². The lowest BCUT2D eigenvalue weighted by Gasteiger charge is -2.05. The first kappa shape index (κ1) is 14.8. The highest BCUT2D eigenvalue weighted by Crippen LogP contribution is 2.24. The van der Waals surface area contributed by atoms with Gasteiger partial charge in [-0.1, -0.05) is 48.0 Å². The van der Waals surface area contributed by atoms with Crippen LogP contribution in [0.5, 0.6) is 0 Å². The SMILES string of the molecule is C=CCCCCc1ccc(-c2ccc(Cl)c(F)c2)cc1. The fourth-order valence-electron chi connectivity index (χ4n) is 2.16. The van der Waals surface area contributed by atoms with Crippen molar-refractivity contribution in [3.63, 3.8) is 0 Å². The Morgan fingerprint density at radius 3 is 2.35 bits per heavy atom. The summed E-state index contributed by atoms with van der Waals surface area (Å²) in [5, 5.41) is 0.160. The average Bonchev–Trinajstić information content (AvgIpc) is 2.47. The molecule has 0 heterocycles. The molecule has 0 atom stereocenters. The molecule has 0 radical (unpaired) electrons. The standard InChI is InChI=1S/C18H18ClF/c1-2-3-4-5-6-14-7-9-15(10-8-14)16-11-12-17(19)18(20)13-16/h2,7-13H,1,3-6H2. The summed E-state index contributed by atoms with van der Waals surface area (Å²) >= 11 is 5.69. The predicted octanol–water partition coefficient (Wildman–Crippen LogP) is 6.04. The molecule has 0 unspecified atom stereocenters. The lowest BCUT2D eigenvalue weighted by Crippen LogP contribution is -1.87. The summed E-state index contributed by atoms with van der Waals surface area (Å²) in [6.07, 6.45) is 6.44. The van der Waals surface area contributed by atoms with E-state index in [9.17, 15) is 4.39 Å². The van der Waals surface area contributed by atoms with Crippen molar-refractivity contribution in [2.24, 2.45) is 0 Å². The first-order chi connectivity index (χ1) is 9.70. The summed E-state index contributed by atoms with van der Waals surface area (Å²) in [6.45, 7) is 3.72. The molecule has 0 nitrogen and oxygen atoms in total. The fourth-order valence-corrected chi connectivity index (χ4v) is 2.27. The van der Waals surface area contributed by atoms with E-state index in [4.69, 9.17) is 11.6 Å². The zero-order chi connectivity index (χ0) is 14.4. The van der Waals surface area contributed by atoms with E-state index in [0.29, 0.717) is 0 Å². The number of allylic oxidation sites excluding steroid dienone is 1. The first-order valence-corrected chi connectivity index (χ1v) is 7.24. The fraction of sp³-hybridized carbons (Fsp3) is 0.222. The van der Waals surface area contributed by atoms with Gasteiger partial charge in [0.1, 0.15) is 5.82 Å². The van der Waals surface area contributed by atoms with E-state index in [1.165, 1.54) is 24.5 Å². The summed E-state index contributed by atoms with van der Waals surface area (Å²) in [5.74, 6) is -0.377. The monoisotopic (exact) mass is 288 g/mol. The van der Waals surface area contributed by atoms with Gasteiger partial charge in [0.05, 0.1) is 5.02 Å². The maximum Gasteiger partial charge on any atom is 0.142 e. The summed E-state index contributed by atoms with van der Waals surface area (Å²) < 4.78 is 13.4. The highest BCUT2D eigenvalue weighted by molar-refractivity contribution is 6.30. The molecule has 0 saturated carbocycles. The third kappa shape index (κ3) is 3.94. The summed E-state index contributed by atoms with van der Waals surface area (Å²) in [4.78, 5) is 0. The number of rotatable bonds is 6. The van der Waals surface area contributed by atoms with Crippen molar-refractivity contribution < 1.29 is 4.39 Å². The second-order valence-corrected chi connectivity index (χ2v) is 5.27. The van der Waals surface area contributed by atoms with Crippen LogP contribution >= 0.6 is 11.6 Å². The molecule has 0 aliphatic heterocycles. The van der Waals surface area contributed by atoms with Gasteiger partial charge in [-0.25, -0.2) is 4.39 Å². The average molecular weight is 289 g/mol. The van der Waals surface area contributed by atoms with Crippen molar-refractivity contribution in [1.29, 1.82) is 0 Å². The van der Waals surface area contributed by atoms with Crippen molar-refractivity contribution in [3.8, 4) is 11.1 Å². The molecule has 0 aliphatic carbocycles. The van der Waals surface area contributed by atoms with Crippen LogP contribution < -0.4 is 0 Å². The van der Waals surface area contributed by atoms with Crippen LogP contribution in [0, 0.1) is 5.82 Å². The van der Waals surface area contributed by atoms with Gasteiger partial charge in [-0.3, -0.25) is 0 Å². The Balaban J connectivity index is 2.03. The van der Waals surface area contributed by atoms with Gasteiger partial charge in [0.2, 0.25) is 0 Å². The quantitative estimate of drug-likeness (QED) is 0.449. The van der Waals surface area contributed by atoms with E-state index in [2.05, 4.69) is 18.7 Å². The Kier molecular flexibility index (Phi) is 5.37. The lowest BCUT2D eigenvalue weighted by atomic mass is 10.0. The molecule has 20 heavy (non-hydrogen) atoms. The highest BCUT2D eigenvalue weighted by Gasteiger charge is 2.03. The van der Waals surface area contributed by atoms with Crippen LogP contribution in [0.15, 0.2) is 55.1 Å². The molecule has 0 bridgehead atoms. The van der Waals surface area contributed by atoms with Gasteiger partial charge in [-0.2, -0.15) is 0 Å². The number of benzene rings is 2. The molecule has 2 heteroatoms. The van der Waals surface area contributed by atoms with E-state index in [0.717, 1.165) is 24.0 Å². The Labute approximate surface area is 124 Å². The van der Waals surface area contributed by atoms with Crippen molar-refractivity contribution in [3.05, 3.63) is 71.5 Å². The Bertz CT molecular complexity index is 572. The normalized spacial score (nSPS) is 10.5. The Hall–Kier alpha value is -1.60. The molecular formula is C18H18ClF. The molecule has 0 aromatic heterocycles. The van der Waals surface area contributed by atoms with E-state index in [1.807, 2.05) is 24.3 Å². The van der Waals surface area contributed by atoms with Crippen LogP contribution in [0.2, 0.25) is 5.02 Å². The third-order valence-electron chi connectivity index (χ3n) is 3.33. The van der Waals surface area contributed by atoms with Gasteiger partial charge in [-0.15, -0.1) is 6.58 Å². The number of aryl methyl sites for hydroxylation is 1. The van der Waals surface area contributed by atoms with Gasteiger partial charge < -0.3 is 0 Å². The largest absolute Gasteiger partial charge is 0.205 e. The predicted molar refractivity (Wildman–Crippen MR) is 84.6 cm³/mol. The molecule has 0 fully saturated rings. The van der Waals surface area contributed by atoms with Crippen LogP contribution in [0.1, 0.15) is 24.8 Å². The van der Waals surface area contributed by atoms with Crippen LogP contribution in [-0.4, -0.2) is 0 Å². The van der Waals surface area contributed by atoms with Gasteiger partial charge >= 0.3 is 0 Å². The summed E-state index contributed by atoms with van der Waals surface area (Å²) in [6, 6.07) is 13.2. The number of halogens is 2. The first-order valence-electron chi connectivity index (χ1n) is 6.86. The molecule has 2 aromatic carbocycles. The molecule has 2 aromatic rings. The molecular weight excluding hydrogens is 271 g/mol. The van der Waals surface area contributed by atoms with E-state index in [-0.39, 0.29) is 10.8 Å². The summed E-state index contributed by atoms with van der Waals surface area (Å²) in [7, 11) is 0. The Morgan fingerprint density at radius 2 is 1.70 bits per heavy atom. The molecule has 0 saturated heterocycles. The zero-order valence-corrected chi connectivity index (χ0v) is 12.2. The van der Waals surface area contributed by atoms with Crippen LogP contribution in [0.3, 0.4) is 0 Å². The topological polar surface area (TPSA) is 0 Å². The highest BCUT2D eigenvalue weighted by atomic mass is 35.5. The molecule has 0 spiro atoms. The number of unbranched alkanes of at least 4 members (excludes halogenated alkanes) is 2. The summed E-state index contributed by atoms with van der Waals surface area (Å²) in [5.41, 5.74) is 3.17. The molecule has 0 aliphatic rings. The van der Waals surface area contributed by atoms with Gasteiger partial charge in [0, 0.05) is 0 Å². The lowest BCUT2D eigenvalue weighted by molar-refractivity contribution is 0.629. The maximum absolute atomic E-state index is 13.4. The van der Waals surface area contributed by atoms with E-state index >= 15 is 0 Å². The zero-order valence-electron chi connectivity index (χ0n) is 11.4. The van der Waals surface area contributed by atoms with Crippen LogP contribution in [0.25, 0.3) is 11.1 Å². The second kappa shape index (κ2) is 7.25. The van der Waals surface area contributed by atoms with E-state index < -0.39 is 0 Å². The van der Waals surface area contributed by atoms with Crippen molar-refractivity contribution in [1.82, 2.24) is 0 Å². The van der Waals surface area contributed by atoms with E-state index in [1.54, 1.807) is 6.07 Å².